The lowest BCUT2D eigenvalue weighted by Crippen LogP contribution is -2.20. The maximum absolute atomic E-state index is 13.9. The fourth-order valence-electron chi connectivity index (χ4n) is 1.96. The summed E-state index contributed by atoms with van der Waals surface area (Å²) in [6.07, 6.45) is 1.50. The van der Waals surface area contributed by atoms with Crippen molar-refractivity contribution < 1.29 is 23.1 Å². The Morgan fingerprint density at radius 2 is 1.95 bits per heavy atom. The predicted octanol–water partition coefficient (Wildman–Crippen LogP) is 3.20. The van der Waals surface area contributed by atoms with Crippen LogP contribution in [-0.2, 0) is 6.54 Å². The van der Waals surface area contributed by atoms with Crippen LogP contribution in [0.2, 0.25) is 0 Å². The van der Waals surface area contributed by atoms with Gasteiger partial charge in [-0.1, -0.05) is 0 Å². The fourth-order valence-corrected chi connectivity index (χ4v) is 1.96. The lowest BCUT2D eigenvalue weighted by atomic mass is 10.1. The quantitative estimate of drug-likeness (QED) is 0.935. The Hall–Kier alpha value is -2.37. The number of hydrogen-bond acceptors (Lipinski definition) is 3. The van der Waals surface area contributed by atoms with Gasteiger partial charge in [-0.05, 0) is 25.1 Å². The Morgan fingerprint density at radius 1 is 1.35 bits per heavy atom. The summed E-state index contributed by atoms with van der Waals surface area (Å²) in [4.78, 5) is 12.1. The molecule has 2 aromatic rings. The molecule has 4 nitrogen and oxygen atoms in total. The van der Waals surface area contributed by atoms with Gasteiger partial charge in [0.2, 0.25) is 0 Å². The monoisotopic (exact) mass is 281 g/mol. The first-order valence-corrected chi connectivity index (χ1v) is 5.86. The molecule has 1 N–H and O–H groups in total. The van der Waals surface area contributed by atoms with Gasteiger partial charge in [-0.3, -0.25) is 0 Å². The standard InChI is InChI=1S/C14H13F2NO3/c1-8-9(3-4-20-8)7-17(2)13-11(15)5-10(14(18)19)6-12(13)16/h3-6H,7H2,1-2H3,(H,18,19). The summed E-state index contributed by atoms with van der Waals surface area (Å²) in [6.45, 7) is 2.01. The van der Waals surface area contributed by atoms with E-state index in [0.717, 1.165) is 17.7 Å². The molecular formula is C14H13F2NO3. The molecule has 20 heavy (non-hydrogen) atoms. The van der Waals surface area contributed by atoms with Crippen molar-refractivity contribution in [3.05, 3.63) is 53.0 Å². The van der Waals surface area contributed by atoms with E-state index in [-0.39, 0.29) is 12.2 Å². The van der Waals surface area contributed by atoms with Crippen LogP contribution in [0.3, 0.4) is 0 Å². The van der Waals surface area contributed by atoms with E-state index in [1.807, 2.05) is 0 Å². The van der Waals surface area contributed by atoms with E-state index in [2.05, 4.69) is 0 Å². The van der Waals surface area contributed by atoms with E-state index in [0.29, 0.717) is 5.76 Å². The highest BCUT2D eigenvalue weighted by molar-refractivity contribution is 5.88. The topological polar surface area (TPSA) is 53.7 Å². The summed E-state index contributed by atoms with van der Waals surface area (Å²) in [5.41, 5.74) is 0.112. The minimum atomic E-state index is -1.37. The number of nitrogens with zero attached hydrogens (tertiary/aromatic N) is 1. The van der Waals surface area contributed by atoms with Crippen LogP contribution in [0, 0.1) is 18.6 Å². The van der Waals surface area contributed by atoms with Crippen LogP contribution >= 0.6 is 0 Å². The molecule has 0 aliphatic rings. The number of hydrogen-bond donors (Lipinski definition) is 1. The number of benzene rings is 1. The van der Waals surface area contributed by atoms with Crippen molar-refractivity contribution in [1.82, 2.24) is 0 Å². The molecule has 2 rings (SSSR count). The molecule has 6 heteroatoms. The number of furan rings is 1. The molecule has 106 valence electrons. The molecule has 0 saturated carbocycles. The van der Waals surface area contributed by atoms with Gasteiger partial charge in [-0.15, -0.1) is 0 Å². The lowest BCUT2D eigenvalue weighted by Gasteiger charge is -2.20. The van der Waals surface area contributed by atoms with Crippen LogP contribution in [-0.4, -0.2) is 18.1 Å². The van der Waals surface area contributed by atoms with Crippen LogP contribution in [0.4, 0.5) is 14.5 Å². The van der Waals surface area contributed by atoms with Crippen molar-refractivity contribution in [2.75, 3.05) is 11.9 Å². The molecule has 1 aromatic heterocycles. The van der Waals surface area contributed by atoms with Crippen molar-refractivity contribution in [2.24, 2.45) is 0 Å². The normalized spacial score (nSPS) is 10.6. The number of rotatable bonds is 4. The highest BCUT2D eigenvalue weighted by Crippen LogP contribution is 2.26. The average Bonchev–Trinajstić information content (AvgIpc) is 2.74. The predicted molar refractivity (Wildman–Crippen MR) is 68.9 cm³/mol. The summed E-state index contributed by atoms with van der Waals surface area (Å²) in [5.74, 6) is -2.53. The van der Waals surface area contributed by atoms with Gasteiger partial charge >= 0.3 is 5.97 Å². The third-order valence-corrected chi connectivity index (χ3v) is 3.02. The lowest BCUT2D eigenvalue weighted by molar-refractivity contribution is 0.0695. The molecule has 0 atom stereocenters. The molecule has 0 bridgehead atoms. The molecule has 0 amide bonds. The van der Waals surface area contributed by atoms with Crippen LogP contribution < -0.4 is 4.90 Å². The smallest absolute Gasteiger partial charge is 0.335 e. The van der Waals surface area contributed by atoms with Crippen LogP contribution in [0.25, 0.3) is 0 Å². The highest BCUT2D eigenvalue weighted by atomic mass is 19.1. The van der Waals surface area contributed by atoms with Crippen molar-refractivity contribution in [2.45, 2.75) is 13.5 Å². The number of halogens is 2. The summed E-state index contributed by atoms with van der Waals surface area (Å²) >= 11 is 0. The first-order valence-electron chi connectivity index (χ1n) is 5.86. The maximum atomic E-state index is 13.9. The molecular weight excluding hydrogens is 268 g/mol. The van der Waals surface area contributed by atoms with Gasteiger partial charge in [0.1, 0.15) is 23.1 Å². The van der Waals surface area contributed by atoms with Gasteiger partial charge in [0.25, 0.3) is 0 Å². The molecule has 0 unspecified atom stereocenters. The maximum Gasteiger partial charge on any atom is 0.335 e. The van der Waals surface area contributed by atoms with Gasteiger partial charge in [0.05, 0.1) is 11.8 Å². The minimum absolute atomic E-state index is 0.253. The summed E-state index contributed by atoms with van der Waals surface area (Å²) < 4.78 is 32.9. The molecule has 0 fully saturated rings. The Labute approximate surface area is 114 Å². The van der Waals surface area contributed by atoms with E-state index in [9.17, 15) is 13.6 Å². The number of aryl methyl sites for hydroxylation is 1. The Balaban J connectivity index is 2.33. The molecule has 1 heterocycles. The SMILES string of the molecule is Cc1occc1CN(C)c1c(F)cc(C(=O)O)cc1F. The Morgan fingerprint density at radius 3 is 2.40 bits per heavy atom. The van der Waals surface area contributed by atoms with Crippen molar-refractivity contribution in [1.29, 1.82) is 0 Å². The number of carboxylic acids is 1. The Kier molecular flexibility index (Phi) is 3.74. The molecule has 0 spiro atoms. The number of carboxylic acid groups (broad SMARTS) is 1. The molecule has 0 saturated heterocycles. The van der Waals surface area contributed by atoms with Gasteiger partial charge in [-0.25, -0.2) is 13.6 Å². The van der Waals surface area contributed by atoms with Gasteiger partial charge in [0.15, 0.2) is 0 Å². The Bertz CT molecular complexity index is 629. The average molecular weight is 281 g/mol. The number of anilines is 1. The van der Waals surface area contributed by atoms with Crippen molar-refractivity contribution in [3.8, 4) is 0 Å². The third-order valence-electron chi connectivity index (χ3n) is 3.02. The van der Waals surface area contributed by atoms with Crippen molar-refractivity contribution in [3.63, 3.8) is 0 Å². The minimum Gasteiger partial charge on any atom is -0.478 e. The molecule has 0 radical (unpaired) electrons. The van der Waals surface area contributed by atoms with Gasteiger partial charge in [-0.2, -0.15) is 0 Å². The van der Waals surface area contributed by atoms with E-state index in [1.165, 1.54) is 18.2 Å². The summed E-state index contributed by atoms with van der Waals surface area (Å²) in [5, 5.41) is 8.75. The second kappa shape index (κ2) is 5.32. The molecule has 0 aliphatic carbocycles. The van der Waals surface area contributed by atoms with E-state index in [1.54, 1.807) is 13.0 Å². The first kappa shape index (κ1) is 14.0. The van der Waals surface area contributed by atoms with Gasteiger partial charge in [0, 0.05) is 19.2 Å². The van der Waals surface area contributed by atoms with Crippen LogP contribution in [0.15, 0.2) is 28.9 Å². The number of carbonyl (C=O) groups is 1. The zero-order chi connectivity index (χ0) is 14.9. The fraction of sp³-hybridized carbons (Fsp3) is 0.214. The van der Waals surface area contributed by atoms with Gasteiger partial charge < -0.3 is 14.4 Å². The van der Waals surface area contributed by atoms with E-state index < -0.39 is 23.2 Å². The zero-order valence-corrected chi connectivity index (χ0v) is 11.0. The van der Waals surface area contributed by atoms with Crippen molar-refractivity contribution >= 4 is 11.7 Å². The van der Waals surface area contributed by atoms with E-state index in [4.69, 9.17) is 9.52 Å². The first-order chi connectivity index (χ1) is 9.40. The largest absolute Gasteiger partial charge is 0.478 e. The number of aromatic carboxylic acids is 1. The van der Waals surface area contributed by atoms with Crippen LogP contribution in [0.5, 0.6) is 0 Å². The highest BCUT2D eigenvalue weighted by Gasteiger charge is 2.18. The summed E-state index contributed by atoms with van der Waals surface area (Å²) in [6, 6.07) is 3.33. The van der Waals surface area contributed by atoms with Crippen LogP contribution in [0.1, 0.15) is 21.7 Å². The second-order valence-corrected chi connectivity index (χ2v) is 4.45. The zero-order valence-electron chi connectivity index (χ0n) is 11.0. The van der Waals surface area contributed by atoms with E-state index >= 15 is 0 Å². The second-order valence-electron chi connectivity index (χ2n) is 4.45. The summed E-state index contributed by atoms with van der Waals surface area (Å²) in [7, 11) is 1.52. The third kappa shape index (κ3) is 2.64. The molecule has 0 aliphatic heterocycles. The molecule has 1 aromatic carbocycles.